The van der Waals surface area contributed by atoms with E-state index in [1.165, 1.54) is 7.11 Å². The molecule has 7 nitrogen and oxygen atoms in total. The monoisotopic (exact) mass is 276 g/mol. The molecular weight excluding hydrogens is 260 g/mol. The minimum Gasteiger partial charge on any atom is -0.377 e. The molecule has 0 spiro atoms. The maximum Gasteiger partial charge on any atom is 0.246 e. The number of hydrogen-bond donors (Lipinski definition) is 1. The molecule has 1 fully saturated rings. The molecule has 0 radical (unpaired) electrons. The number of ether oxygens (including phenoxy) is 2. The fourth-order valence-electron chi connectivity index (χ4n) is 1.99. The summed E-state index contributed by atoms with van der Waals surface area (Å²) in [5.74, 6) is 0.271. The van der Waals surface area contributed by atoms with Gasteiger partial charge in [0.2, 0.25) is 10.0 Å². The highest BCUT2D eigenvalue weighted by molar-refractivity contribution is 7.89. The van der Waals surface area contributed by atoms with Gasteiger partial charge in [0.15, 0.2) is 5.76 Å². The van der Waals surface area contributed by atoms with Crippen molar-refractivity contribution in [3.8, 4) is 0 Å². The molecule has 1 saturated heterocycles. The maximum atomic E-state index is 12.2. The van der Waals surface area contributed by atoms with Crippen molar-refractivity contribution in [2.75, 3.05) is 20.3 Å². The number of nitrogens with zero attached hydrogens (tertiary/aromatic N) is 1. The summed E-state index contributed by atoms with van der Waals surface area (Å²) in [5, 5.41) is 3.64. The number of aryl methyl sites for hydroxylation is 2. The number of rotatable bonds is 4. The van der Waals surface area contributed by atoms with Crippen LogP contribution in [0, 0.1) is 13.8 Å². The summed E-state index contributed by atoms with van der Waals surface area (Å²) in [5.41, 5.74) is 0.341. The molecule has 1 aromatic rings. The zero-order valence-electron chi connectivity index (χ0n) is 10.5. The van der Waals surface area contributed by atoms with Crippen molar-refractivity contribution in [3.05, 3.63) is 11.5 Å². The Morgan fingerprint density at radius 3 is 2.67 bits per heavy atom. The first kappa shape index (κ1) is 13.5. The summed E-state index contributed by atoms with van der Waals surface area (Å²) in [6.45, 7) is 3.82. The standard InChI is InChI=1S/C10H16N2O5S/c1-6-10(7(2)17-11-6)18(13,14)12-8-4-16-5-9(8)15-3/h8-9,12H,4-5H2,1-3H3/t8-,9-/m0/s1. The van der Waals surface area contributed by atoms with Gasteiger partial charge in [-0.2, -0.15) is 0 Å². The van der Waals surface area contributed by atoms with E-state index in [0.29, 0.717) is 18.9 Å². The first-order valence-electron chi connectivity index (χ1n) is 5.51. The third kappa shape index (κ3) is 2.41. The Labute approximate surface area is 105 Å². The summed E-state index contributed by atoms with van der Waals surface area (Å²) >= 11 is 0. The van der Waals surface area contributed by atoms with Gasteiger partial charge in [0.05, 0.1) is 25.4 Å². The summed E-state index contributed by atoms with van der Waals surface area (Å²) in [6.07, 6.45) is -0.278. The van der Waals surface area contributed by atoms with Gasteiger partial charge in [0.1, 0.15) is 10.6 Å². The predicted octanol–water partition coefficient (Wildman–Crippen LogP) is -0.0165. The highest BCUT2D eigenvalue weighted by Gasteiger charge is 2.34. The van der Waals surface area contributed by atoms with E-state index in [2.05, 4.69) is 9.88 Å². The first-order chi connectivity index (χ1) is 8.45. The number of methoxy groups -OCH3 is 1. The van der Waals surface area contributed by atoms with Crippen molar-refractivity contribution in [3.63, 3.8) is 0 Å². The molecule has 102 valence electrons. The van der Waals surface area contributed by atoms with Crippen molar-refractivity contribution in [2.45, 2.75) is 30.9 Å². The molecule has 1 aromatic heterocycles. The van der Waals surface area contributed by atoms with Gasteiger partial charge < -0.3 is 14.0 Å². The molecule has 0 aliphatic carbocycles. The van der Waals surface area contributed by atoms with E-state index in [9.17, 15) is 8.42 Å². The molecule has 18 heavy (non-hydrogen) atoms. The topological polar surface area (TPSA) is 90.7 Å². The summed E-state index contributed by atoms with van der Waals surface area (Å²) in [4.78, 5) is 0.0873. The molecule has 1 aliphatic rings. The molecule has 0 saturated carbocycles. The van der Waals surface area contributed by atoms with E-state index in [-0.39, 0.29) is 16.8 Å². The molecular formula is C10H16N2O5S. The molecule has 2 heterocycles. The van der Waals surface area contributed by atoms with Crippen molar-refractivity contribution in [2.24, 2.45) is 0 Å². The predicted molar refractivity (Wildman–Crippen MR) is 61.7 cm³/mol. The minimum atomic E-state index is -3.67. The van der Waals surface area contributed by atoms with Gasteiger partial charge in [-0.05, 0) is 13.8 Å². The van der Waals surface area contributed by atoms with Crippen LogP contribution in [0.4, 0.5) is 0 Å². The zero-order valence-corrected chi connectivity index (χ0v) is 11.3. The van der Waals surface area contributed by atoms with Crippen LogP contribution >= 0.6 is 0 Å². The lowest BCUT2D eigenvalue weighted by Crippen LogP contribution is -2.43. The Morgan fingerprint density at radius 2 is 2.11 bits per heavy atom. The van der Waals surface area contributed by atoms with Crippen molar-refractivity contribution in [1.29, 1.82) is 0 Å². The number of nitrogens with one attached hydrogen (secondary N) is 1. The molecule has 0 amide bonds. The van der Waals surface area contributed by atoms with E-state index in [1.807, 2.05) is 0 Å². The first-order valence-corrected chi connectivity index (χ1v) is 6.99. The van der Waals surface area contributed by atoms with E-state index >= 15 is 0 Å². The Balaban J connectivity index is 2.23. The van der Waals surface area contributed by atoms with Crippen molar-refractivity contribution < 1.29 is 22.4 Å². The van der Waals surface area contributed by atoms with Crippen LogP contribution in [-0.4, -0.2) is 46.0 Å². The van der Waals surface area contributed by atoms with Gasteiger partial charge in [-0.25, -0.2) is 13.1 Å². The number of aromatic nitrogens is 1. The maximum absolute atomic E-state index is 12.2. The van der Waals surface area contributed by atoms with Crippen molar-refractivity contribution in [1.82, 2.24) is 9.88 Å². The number of hydrogen-bond acceptors (Lipinski definition) is 6. The van der Waals surface area contributed by atoms with Crippen LogP contribution in [0.1, 0.15) is 11.5 Å². The molecule has 2 rings (SSSR count). The van der Waals surface area contributed by atoms with Crippen LogP contribution < -0.4 is 4.72 Å². The second kappa shape index (κ2) is 4.96. The van der Waals surface area contributed by atoms with Gasteiger partial charge in [-0.3, -0.25) is 0 Å². The molecule has 2 atom stereocenters. The second-order valence-corrected chi connectivity index (χ2v) is 5.84. The molecule has 0 bridgehead atoms. The molecule has 8 heteroatoms. The summed E-state index contributed by atoms with van der Waals surface area (Å²) < 4.78 is 42.2. The second-order valence-electron chi connectivity index (χ2n) is 4.19. The Morgan fingerprint density at radius 1 is 1.39 bits per heavy atom. The lowest BCUT2D eigenvalue weighted by atomic mass is 10.2. The van der Waals surface area contributed by atoms with E-state index in [1.54, 1.807) is 13.8 Å². The van der Waals surface area contributed by atoms with E-state index in [4.69, 9.17) is 14.0 Å². The Hall–Kier alpha value is -0.960. The average Bonchev–Trinajstić information content (AvgIpc) is 2.85. The van der Waals surface area contributed by atoms with Gasteiger partial charge in [-0.15, -0.1) is 0 Å². The van der Waals surface area contributed by atoms with Gasteiger partial charge in [0, 0.05) is 7.11 Å². The fourth-order valence-corrected chi connectivity index (χ4v) is 3.57. The van der Waals surface area contributed by atoms with Gasteiger partial charge in [0.25, 0.3) is 0 Å². The van der Waals surface area contributed by atoms with Crippen LogP contribution in [0.3, 0.4) is 0 Å². The van der Waals surface area contributed by atoms with E-state index in [0.717, 1.165) is 0 Å². The summed E-state index contributed by atoms with van der Waals surface area (Å²) in [7, 11) is -2.15. The van der Waals surface area contributed by atoms with Crippen LogP contribution in [-0.2, 0) is 19.5 Å². The van der Waals surface area contributed by atoms with Gasteiger partial charge in [-0.1, -0.05) is 5.16 Å². The average molecular weight is 276 g/mol. The highest BCUT2D eigenvalue weighted by atomic mass is 32.2. The van der Waals surface area contributed by atoms with Crippen LogP contribution in [0.2, 0.25) is 0 Å². The van der Waals surface area contributed by atoms with E-state index < -0.39 is 16.1 Å². The molecule has 0 aromatic carbocycles. The highest BCUT2D eigenvalue weighted by Crippen LogP contribution is 2.20. The Kier molecular flexibility index (Phi) is 3.71. The largest absolute Gasteiger partial charge is 0.377 e. The normalized spacial score (nSPS) is 24.6. The quantitative estimate of drug-likeness (QED) is 0.831. The summed E-state index contributed by atoms with van der Waals surface area (Å²) in [6, 6.07) is -0.395. The minimum absolute atomic E-state index is 0.0873. The zero-order chi connectivity index (χ0) is 13.3. The third-order valence-corrected chi connectivity index (χ3v) is 4.61. The SMILES string of the molecule is CO[C@H]1COC[C@@H]1NS(=O)(=O)c1c(C)noc1C. The lowest BCUT2D eigenvalue weighted by molar-refractivity contribution is 0.0761. The van der Waals surface area contributed by atoms with Crippen LogP contribution in [0.25, 0.3) is 0 Å². The van der Waals surface area contributed by atoms with Gasteiger partial charge >= 0.3 is 0 Å². The smallest absolute Gasteiger partial charge is 0.246 e. The molecule has 1 aliphatic heterocycles. The fraction of sp³-hybridized carbons (Fsp3) is 0.700. The molecule has 1 N–H and O–H groups in total. The lowest BCUT2D eigenvalue weighted by Gasteiger charge is -2.17. The van der Waals surface area contributed by atoms with Crippen LogP contribution in [0.15, 0.2) is 9.42 Å². The Bertz CT molecular complexity index is 505. The number of sulfonamides is 1. The molecule has 0 unspecified atom stereocenters. The third-order valence-electron chi connectivity index (χ3n) is 2.87. The van der Waals surface area contributed by atoms with Crippen LogP contribution in [0.5, 0.6) is 0 Å². The van der Waals surface area contributed by atoms with Crippen molar-refractivity contribution >= 4 is 10.0 Å².